The van der Waals surface area contributed by atoms with E-state index in [9.17, 15) is 4.79 Å². The minimum absolute atomic E-state index is 0.504. The van der Waals surface area contributed by atoms with Crippen LogP contribution in [-0.2, 0) is 16.8 Å². The number of anilines is 1. The number of methoxy groups -OCH3 is 1. The summed E-state index contributed by atoms with van der Waals surface area (Å²) in [6, 6.07) is 14.5. The van der Waals surface area contributed by atoms with Crippen molar-refractivity contribution >= 4 is 28.7 Å². The number of benzene rings is 2. The summed E-state index contributed by atoms with van der Waals surface area (Å²) in [6.45, 7) is 1.29. The number of carbonyl (C=O) groups is 1. The van der Waals surface area contributed by atoms with E-state index < -0.39 is 5.54 Å². The number of rotatable bonds is 5. The van der Waals surface area contributed by atoms with Crippen LogP contribution in [0.25, 0.3) is 10.9 Å². The Labute approximate surface area is 163 Å². The Kier molecular flexibility index (Phi) is 3.86. The van der Waals surface area contributed by atoms with Crippen molar-refractivity contribution in [2.75, 3.05) is 25.5 Å². The summed E-state index contributed by atoms with van der Waals surface area (Å²) in [5.41, 5.74) is 6.21. The molecule has 28 heavy (non-hydrogen) atoms. The molecule has 0 aliphatic carbocycles. The Hall–Kier alpha value is -3.28. The highest BCUT2D eigenvalue weighted by molar-refractivity contribution is 6.17. The van der Waals surface area contributed by atoms with E-state index in [2.05, 4.69) is 45.9 Å². The van der Waals surface area contributed by atoms with E-state index in [1.807, 2.05) is 12.1 Å². The molecule has 5 rings (SSSR count). The molecule has 0 radical (unpaired) electrons. The van der Waals surface area contributed by atoms with Gasteiger partial charge in [0.25, 0.3) is 0 Å². The zero-order chi connectivity index (χ0) is 19.1. The van der Waals surface area contributed by atoms with Gasteiger partial charge in [0, 0.05) is 41.3 Å². The van der Waals surface area contributed by atoms with E-state index in [0.717, 1.165) is 53.3 Å². The predicted molar refractivity (Wildman–Crippen MR) is 110 cm³/mol. The van der Waals surface area contributed by atoms with Crippen LogP contribution in [0.15, 0.2) is 47.5 Å². The molecule has 0 spiro atoms. The summed E-state index contributed by atoms with van der Waals surface area (Å²) in [4.78, 5) is 19.6. The molecule has 1 atom stereocenters. The second-order valence-corrected chi connectivity index (χ2v) is 7.27. The first kappa shape index (κ1) is 16.9. The highest BCUT2D eigenvalue weighted by atomic mass is 16.5. The van der Waals surface area contributed by atoms with Crippen LogP contribution in [0.3, 0.4) is 0 Å². The van der Waals surface area contributed by atoms with Crippen molar-refractivity contribution in [1.82, 2.24) is 10.3 Å². The summed E-state index contributed by atoms with van der Waals surface area (Å²) in [5.74, 6) is 0.807. The summed E-state index contributed by atoms with van der Waals surface area (Å²) in [7, 11) is 1.67. The van der Waals surface area contributed by atoms with Gasteiger partial charge in [-0.1, -0.05) is 18.2 Å². The fourth-order valence-corrected chi connectivity index (χ4v) is 4.61. The number of carbonyl (C=O) groups excluding carboxylic acids is 1. The number of fused-ring (bicyclic) bond motifs is 7. The maximum absolute atomic E-state index is 10.9. The van der Waals surface area contributed by atoms with Gasteiger partial charge in [0.05, 0.1) is 18.5 Å². The van der Waals surface area contributed by atoms with Crippen molar-refractivity contribution in [1.29, 1.82) is 0 Å². The van der Waals surface area contributed by atoms with Gasteiger partial charge in [0.15, 0.2) is 0 Å². The Morgan fingerprint density at radius 2 is 2.18 bits per heavy atom. The summed E-state index contributed by atoms with van der Waals surface area (Å²) in [6.07, 6.45) is 2.33. The molecule has 0 fully saturated rings. The average Bonchev–Trinajstić information content (AvgIpc) is 3.20. The van der Waals surface area contributed by atoms with Crippen molar-refractivity contribution in [3.8, 4) is 5.75 Å². The fourth-order valence-electron chi connectivity index (χ4n) is 4.61. The van der Waals surface area contributed by atoms with Crippen LogP contribution in [0.2, 0.25) is 0 Å². The van der Waals surface area contributed by atoms with Gasteiger partial charge < -0.3 is 20.4 Å². The lowest BCUT2D eigenvalue weighted by Crippen LogP contribution is -2.42. The molecule has 1 amide bonds. The van der Waals surface area contributed by atoms with Crippen LogP contribution in [0.4, 0.5) is 5.69 Å². The molecular formula is C22H22N4O2. The number of nitrogens with zero attached hydrogens (tertiary/aromatic N) is 1. The van der Waals surface area contributed by atoms with E-state index in [-0.39, 0.29) is 0 Å². The number of para-hydroxylation sites is 1. The van der Waals surface area contributed by atoms with Gasteiger partial charge in [-0.3, -0.25) is 9.79 Å². The summed E-state index contributed by atoms with van der Waals surface area (Å²) < 4.78 is 5.42. The Morgan fingerprint density at radius 3 is 3.04 bits per heavy atom. The average molecular weight is 374 g/mol. The molecule has 0 unspecified atom stereocenters. The number of aromatic nitrogens is 1. The van der Waals surface area contributed by atoms with Crippen molar-refractivity contribution < 1.29 is 9.53 Å². The lowest BCUT2D eigenvalue weighted by Gasteiger charge is -2.30. The summed E-state index contributed by atoms with van der Waals surface area (Å²) >= 11 is 0. The molecule has 6 nitrogen and oxygen atoms in total. The molecule has 142 valence electrons. The SMILES string of the molecule is COc1ccc2c(c1)N[C@@]1(CCNC=O)C2=NCCc2c1[nH]c1ccccc21. The van der Waals surface area contributed by atoms with Crippen LogP contribution < -0.4 is 15.4 Å². The van der Waals surface area contributed by atoms with Gasteiger partial charge in [-0.2, -0.15) is 0 Å². The third kappa shape index (κ3) is 2.34. The minimum Gasteiger partial charge on any atom is -0.497 e. The van der Waals surface area contributed by atoms with Crippen molar-refractivity contribution in [3.63, 3.8) is 0 Å². The third-order valence-electron chi connectivity index (χ3n) is 5.83. The number of nitrogens with one attached hydrogen (secondary N) is 3. The second-order valence-electron chi connectivity index (χ2n) is 7.27. The van der Waals surface area contributed by atoms with E-state index >= 15 is 0 Å². The first-order valence-corrected chi connectivity index (χ1v) is 9.55. The number of hydrogen-bond donors (Lipinski definition) is 3. The fraction of sp³-hybridized carbons (Fsp3) is 0.273. The zero-order valence-corrected chi connectivity index (χ0v) is 15.7. The molecule has 2 aliphatic heterocycles. The van der Waals surface area contributed by atoms with Gasteiger partial charge in [-0.05, 0) is 36.6 Å². The molecule has 0 bridgehead atoms. The standard InChI is InChI=1S/C22H22N4O2/c1-28-14-6-7-17-19(12-14)26-22(9-11-23-13-27)20(17)24-10-8-16-15-4-2-3-5-18(15)25-21(16)22/h2-7,12-13,25-26H,8-11H2,1H3,(H,23,27)/t22-/m0/s1. The first-order chi connectivity index (χ1) is 13.8. The largest absolute Gasteiger partial charge is 0.497 e. The van der Waals surface area contributed by atoms with E-state index in [4.69, 9.17) is 9.73 Å². The maximum atomic E-state index is 10.9. The van der Waals surface area contributed by atoms with Crippen LogP contribution in [0.5, 0.6) is 5.75 Å². The van der Waals surface area contributed by atoms with Crippen LogP contribution in [0.1, 0.15) is 23.2 Å². The lowest BCUT2D eigenvalue weighted by atomic mass is 9.84. The highest BCUT2D eigenvalue weighted by Crippen LogP contribution is 2.46. The topological polar surface area (TPSA) is 78.5 Å². The molecule has 1 aromatic heterocycles. The number of hydrogen-bond acceptors (Lipinski definition) is 4. The normalized spacial score (nSPS) is 19.7. The molecule has 3 aromatic rings. The lowest BCUT2D eigenvalue weighted by molar-refractivity contribution is -0.109. The van der Waals surface area contributed by atoms with Crippen molar-refractivity contribution in [3.05, 3.63) is 59.3 Å². The first-order valence-electron chi connectivity index (χ1n) is 9.55. The highest BCUT2D eigenvalue weighted by Gasteiger charge is 2.47. The van der Waals surface area contributed by atoms with E-state index in [1.165, 1.54) is 10.9 Å². The number of H-pyrrole nitrogens is 1. The third-order valence-corrected chi connectivity index (χ3v) is 5.83. The molecule has 2 aliphatic rings. The quantitative estimate of drug-likeness (QED) is 0.475. The zero-order valence-electron chi connectivity index (χ0n) is 15.7. The number of aliphatic imine (C=N–C) groups is 1. The Morgan fingerprint density at radius 1 is 1.29 bits per heavy atom. The maximum Gasteiger partial charge on any atom is 0.207 e. The number of amides is 1. The van der Waals surface area contributed by atoms with Gasteiger partial charge in [0.2, 0.25) is 6.41 Å². The van der Waals surface area contributed by atoms with Crippen molar-refractivity contribution in [2.24, 2.45) is 4.99 Å². The molecule has 0 saturated carbocycles. The van der Waals surface area contributed by atoms with Gasteiger partial charge in [0.1, 0.15) is 11.3 Å². The smallest absolute Gasteiger partial charge is 0.207 e. The van der Waals surface area contributed by atoms with Gasteiger partial charge in [-0.25, -0.2) is 0 Å². The van der Waals surface area contributed by atoms with Gasteiger partial charge >= 0.3 is 0 Å². The predicted octanol–water partition coefficient (Wildman–Crippen LogP) is 2.98. The molecule has 3 N–H and O–H groups in total. The molecule has 6 heteroatoms. The molecule has 2 aromatic carbocycles. The monoisotopic (exact) mass is 374 g/mol. The second kappa shape index (κ2) is 6.41. The van der Waals surface area contributed by atoms with Crippen LogP contribution >= 0.6 is 0 Å². The number of aromatic amines is 1. The van der Waals surface area contributed by atoms with E-state index in [1.54, 1.807) is 7.11 Å². The Balaban J connectivity index is 1.73. The van der Waals surface area contributed by atoms with Crippen LogP contribution in [-0.4, -0.2) is 37.3 Å². The van der Waals surface area contributed by atoms with Gasteiger partial charge in [-0.15, -0.1) is 0 Å². The number of ether oxygens (including phenoxy) is 1. The van der Waals surface area contributed by atoms with Crippen molar-refractivity contribution in [2.45, 2.75) is 18.4 Å². The molecule has 3 heterocycles. The summed E-state index contributed by atoms with van der Waals surface area (Å²) in [5, 5.41) is 7.81. The minimum atomic E-state index is -0.504. The molecule has 0 saturated heterocycles. The van der Waals surface area contributed by atoms with Crippen LogP contribution in [0, 0.1) is 0 Å². The van der Waals surface area contributed by atoms with E-state index in [0.29, 0.717) is 13.0 Å². The molecular weight excluding hydrogens is 352 g/mol. The Bertz CT molecular complexity index is 1100.